The summed E-state index contributed by atoms with van der Waals surface area (Å²) < 4.78 is 19.4. The zero-order chi connectivity index (χ0) is 15.2. The van der Waals surface area contributed by atoms with E-state index >= 15 is 0 Å². The van der Waals surface area contributed by atoms with Crippen LogP contribution in [-0.2, 0) is 13.0 Å². The van der Waals surface area contributed by atoms with E-state index in [-0.39, 0.29) is 11.9 Å². The van der Waals surface area contributed by atoms with Gasteiger partial charge in [0.2, 0.25) is 0 Å². The molecule has 0 aliphatic rings. The minimum absolute atomic E-state index is 0.0519. The van der Waals surface area contributed by atoms with Crippen LogP contribution in [-0.4, -0.2) is 6.04 Å². The van der Waals surface area contributed by atoms with Crippen molar-refractivity contribution in [3.8, 4) is 5.75 Å². The SMILES string of the molecule is CCC(N)Cc1cc(F)cc(OCc2ccccc2C)c1. The number of hydrogen-bond donors (Lipinski definition) is 1. The highest BCUT2D eigenvalue weighted by Gasteiger charge is 2.07. The third-order valence-corrected chi connectivity index (χ3v) is 3.61. The lowest BCUT2D eigenvalue weighted by Gasteiger charge is -2.12. The minimum Gasteiger partial charge on any atom is -0.489 e. The van der Waals surface area contributed by atoms with Crippen molar-refractivity contribution in [2.75, 3.05) is 0 Å². The standard InChI is InChI=1S/C18H22FNO/c1-3-17(20)9-14-8-16(19)11-18(10-14)21-12-15-7-5-4-6-13(15)2/h4-8,10-11,17H,3,9,12,20H2,1-2H3. The first-order valence-electron chi connectivity index (χ1n) is 7.31. The third kappa shape index (κ3) is 4.57. The Balaban J connectivity index is 2.08. The smallest absolute Gasteiger partial charge is 0.127 e. The van der Waals surface area contributed by atoms with Crippen molar-refractivity contribution in [3.05, 3.63) is 65.0 Å². The molecule has 0 fully saturated rings. The number of ether oxygens (including phenoxy) is 1. The quantitative estimate of drug-likeness (QED) is 0.871. The molecule has 0 aromatic heterocycles. The molecule has 0 spiro atoms. The number of hydrogen-bond acceptors (Lipinski definition) is 2. The van der Waals surface area contributed by atoms with Crippen LogP contribution in [0.1, 0.15) is 30.0 Å². The fourth-order valence-corrected chi connectivity index (χ4v) is 2.20. The molecule has 2 N–H and O–H groups in total. The predicted molar refractivity (Wildman–Crippen MR) is 83.9 cm³/mol. The molecule has 0 heterocycles. The number of aryl methyl sites for hydroxylation is 1. The molecule has 0 saturated carbocycles. The third-order valence-electron chi connectivity index (χ3n) is 3.61. The molecule has 0 saturated heterocycles. The molecule has 3 heteroatoms. The predicted octanol–water partition coefficient (Wildman–Crippen LogP) is 3.99. The van der Waals surface area contributed by atoms with Gasteiger partial charge in [-0.05, 0) is 48.6 Å². The van der Waals surface area contributed by atoms with Crippen molar-refractivity contribution in [1.82, 2.24) is 0 Å². The van der Waals surface area contributed by atoms with Crippen LogP contribution in [0.15, 0.2) is 42.5 Å². The van der Waals surface area contributed by atoms with Crippen molar-refractivity contribution >= 4 is 0 Å². The summed E-state index contributed by atoms with van der Waals surface area (Å²) in [4.78, 5) is 0. The summed E-state index contributed by atoms with van der Waals surface area (Å²) in [5.41, 5.74) is 9.08. The summed E-state index contributed by atoms with van der Waals surface area (Å²) >= 11 is 0. The Bertz CT molecular complexity index is 598. The second-order valence-electron chi connectivity index (χ2n) is 5.38. The van der Waals surface area contributed by atoms with Crippen LogP contribution in [0.3, 0.4) is 0 Å². The van der Waals surface area contributed by atoms with Gasteiger partial charge in [0.15, 0.2) is 0 Å². The summed E-state index contributed by atoms with van der Waals surface area (Å²) in [6.45, 7) is 4.50. The maximum absolute atomic E-state index is 13.7. The van der Waals surface area contributed by atoms with E-state index < -0.39 is 0 Å². The molecule has 1 atom stereocenters. The van der Waals surface area contributed by atoms with Crippen LogP contribution in [0.4, 0.5) is 4.39 Å². The highest BCUT2D eigenvalue weighted by atomic mass is 19.1. The highest BCUT2D eigenvalue weighted by Crippen LogP contribution is 2.20. The van der Waals surface area contributed by atoms with E-state index in [1.807, 2.05) is 44.2 Å². The van der Waals surface area contributed by atoms with E-state index in [1.54, 1.807) is 0 Å². The summed E-state index contributed by atoms with van der Waals surface area (Å²) in [5, 5.41) is 0. The molecule has 1 unspecified atom stereocenters. The largest absolute Gasteiger partial charge is 0.489 e. The van der Waals surface area contributed by atoms with Gasteiger partial charge in [0.05, 0.1) is 0 Å². The number of nitrogens with two attached hydrogens (primary N) is 1. The maximum atomic E-state index is 13.7. The molecule has 112 valence electrons. The summed E-state index contributed by atoms with van der Waals surface area (Å²) in [5.74, 6) is 0.271. The molecule has 0 bridgehead atoms. The first-order chi connectivity index (χ1) is 10.1. The fraction of sp³-hybridized carbons (Fsp3) is 0.333. The van der Waals surface area contributed by atoms with Gasteiger partial charge in [0, 0.05) is 12.1 Å². The average molecular weight is 287 g/mol. The van der Waals surface area contributed by atoms with E-state index in [4.69, 9.17) is 10.5 Å². The Hall–Kier alpha value is -1.87. The Morgan fingerprint density at radius 2 is 1.95 bits per heavy atom. The molecular formula is C18H22FNO. The molecule has 2 aromatic rings. The lowest BCUT2D eigenvalue weighted by atomic mass is 10.0. The normalized spacial score (nSPS) is 12.2. The van der Waals surface area contributed by atoms with Crippen LogP contribution in [0.5, 0.6) is 5.75 Å². The Labute approximate surface area is 125 Å². The van der Waals surface area contributed by atoms with E-state index in [0.717, 1.165) is 17.5 Å². The molecule has 2 aromatic carbocycles. The zero-order valence-corrected chi connectivity index (χ0v) is 12.6. The van der Waals surface area contributed by atoms with Crippen molar-refractivity contribution in [2.45, 2.75) is 39.3 Å². The van der Waals surface area contributed by atoms with Gasteiger partial charge in [-0.25, -0.2) is 4.39 Å². The topological polar surface area (TPSA) is 35.2 Å². The lowest BCUT2D eigenvalue weighted by molar-refractivity contribution is 0.303. The van der Waals surface area contributed by atoms with Gasteiger partial charge in [0.25, 0.3) is 0 Å². The van der Waals surface area contributed by atoms with Crippen LogP contribution in [0.2, 0.25) is 0 Å². The van der Waals surface area contributed by atoms with E-state index in [9.17, 15) is 4.39 Å². The molecule has 0 radical (unpaired) electrons. The molecular weight excluding hydrogens is 265 g/mol. The van der Waals surface area contributed by atoms with E-state index in [2.05, 4.69) is 0 Å². The molecule has 2 rings (SSSR count). The average Bonchev–Trinajstić information content (AvgIpc) is 2.45. The van der Waals surface area contributed by atoms with Crippen molar-refractivity contribution in [1.29, 1.82) is 0 Å². The molecule has 0 aliphatic heterocycles. The van der Waals surface area contributed by atoms with E-state index in [0.29, 0.717) is 18.8 Å². The number of rotatable bonds is 6. The van der Waals surface area contributed by atoms with Gasteiger partial charge in [-0.1, -0.05) is 31.2 Å². The van der Waals surface area contributed by atoms with Gasteiger partial charge in [-0.15, -0.1) is 0 Å². The number of benzene rings is 2. The molecule has 0 aliphatic carbocycles. The van der Waals surface area contributed by atoms with Gasteiger partial charge < -0.3 is 10.5 Å². The van der Waals surface area contributed by atoms with Crippen LogP contribution in [0, 0.1) is 12.7 Å². The van der Waals surface area contributed by atoms with Crippen molar-refractivity contribution in [2.24, 2.45) is 5.73 Å². The summed E-state index contributed by atoms with van der Waals surface area (Å²) in [6, 6.07) is 12.9. The summed E-state index contributed by atoms with van der Waals surface area (Å²) in [6.07, 6.45) is 1.53. The van der Waals surface area contributed by atoms with Gasteiger partial charge in [-0.3, -0.25) is 0 Å². The maximum Gasteiger partial charge on any atom is 0.127 e. The first kappa shape index (κ1) is 15.5. The molecule has 2 nitrogen and oxygen atoms in total. The van der Waals surface area contributed by atoms with Crippen molar-refractivity contribution < 1.29 is 9.13 Å². The highest BCUT2D eigenvalue weighted by molar-refractivity contribution is 5.31. The first-order valence-corrected chi connectivity index (χ1v) is 7.31. The molecule has 0 amide bonds. The zero-order valence-electron chi connectivity index (χ0n) is 12.6. The summed E-state index contributed by atoms with van der Waals surface area (Å²) in [7, 11) is 0. The minimum atomic E-state index is -0.282. The Morgan fingerprint density at radius 1 is 1.19 bits per heavy atom. The van der Waals surface area contributed by atoms with Gasteiger partial charge in [0.1, 0.15) is 18.2 Å². The Morgan fingerprint density at radius 3 is 2.67 bits per heavy atom. The van der Waals surface area contributed by atoms with Crippen LogP contribution >= 0.6 is 0 Å². The van der Waals surface area contributed by atoms with Gasteiger partial charge in [-0.2, -0.15) is 0 Å². The Kier molecular flexibility index (Phi) is 5.34. The second kappa shape index (κ2) is 7.23. The second-order valence-corrected chi connectivity index (χ2v) is 5.38. The van der Waals surface area contributed by atoms with Crippen LogP contribution < -0.4 is 10.5 Å². The van der Waals surface area contributed by atoms with Crippen LogP contribution in [0.25, 0.3) is 0 Å². The van der Waals surface area contributed by atoms with Gasteiger partial charge >= 0.3 is 0 Å². The number of halogens is 1. The van der Waals surface area contributed by atoms with Crippen molar-refractivity contribution in [3.63, 3.8) is 0 Å². The monoisotopic (exact) mass is 287 g/mol. The lowest BCUT2D eigenvalue weighted by Crippen LogP contribution is -2.21. The van der Waals surface area contributed by atoms with E-state index in [1.165, 1.54) is 17.7 Å². The fourth-order valence-electron chi connectivity index (χ4n) is 2.20. The molecule has 21 heavy (non-hydrogen) atoms.